The van der Waals surface area contributed by atoms with Gasteiger partial charge in [-0.25, -0.2) is 4.99 Å². The molecule has 2 aromatic rings. The van der Waals surface area contributed by atoms with Crippen LogP contribution < -0.4 is 15.5 Å². The van der Waals surface area contributed by atoms with Crippen LogP contribution in [0.15, 0.2) is 46.8 Å². The molecule has 0 bridgehead atoms. The van der Waals surface area contributed by atoms with Gasteiger partial charge in [0, 0.05) is 30.2 Å². The van der Waals surface area contributed by atoms with Gasteiger partial charge in [-0.3, -0.25) is 0 Å². The molecular weight excluding hydrogens is 499 g/mol. The molecule has 1 aliphatic rings. The van der Waals surface area contributed by atoms with E-state index in [1.165, 1.54) is 11.3 Å². The number of ether oxygens (including phenoxy) is 1. The van der Waals surface area contributed by atoms with Crippen LogP contribution in [-0.2, 0) is 16.9 Å². The zero-order chi connectivity index (χ0) is 19.8. The highest BCUT2D eigenvalue weighted by Crippen LogP contribution is 2.24. The predicted molar refractivity (Wildman–Crippen MR) is 132 cm³/mol. The first-order chi connectivity index (χ1) is 13.6. The quantitative estimate of drug-likeness (QED) is 0.292. The van der Waals surface area contributed by atoms with Crippen LogP contribution in [-0.4, -0.2) is 50.5 Å². The Morgan fingerprint density at radius 2 is 1.97 bits per heavy atom. The number of benzene rings is 1. The monoisotopic (exact) mass is 530 g/mol. The van der Waals surface area contributed by atoms with E-state index < -0.39 is 5.60 Å². The van der Waals surface area contributed by atoms with Gasteiger partial charge in [-0.05, 0) is 36.9 Å². The Balaban J connectivity index is 0.00000300. The van der Waals surface area contributed by atoms with Gasteiger partial charge in [0.25, 0.3) is 0 Å². The molecule has 0 aliphatic carbocycles. The van der Waals surface area contributed by atoms with Crippen LogP contribution in [0.1, 0.15) is 24.3 Å². The van der Waals surface area contributed by atoms with Crippen molar-refractivity contribution in [2.75, 3.05) is 44.3 Å². The highest BCUT2D eigenvalue weighted by molar-refractivity contribution is 14.0. The molecule has 0 saturated carbocycles. The molecule has 3 N–H and O–H groups in total. The maximum Gasteiger partial charge on any atom is 0.191 e. The molecule has 6 nitrogen and oxygen atoms in total. The van der Waals surface area contributed by atoms with Gasteiger partial charge in [0.1, 0.15) is 5.60 Å². The molecule has 1 aliphatic heterocycles. The lowest BCUT2D eigenvalue weighted by molar-refractivity contribution is 0.0655. The van der Waals surface area contributed by atoms with E-state index in [0.29, 0.717) is 19.0 Å². The van der Waals surface area contributed by atoms with E-state index in [1.807, 2.05) is 31.4 Å². The summed E-state index contributed by atoms with van der Waals surface area (Å²) in [4.78, 5) is 8.05. The highest BCUT2D eigenvalue weighted by Gasteiger charge is 2.24. The van der Waals surface area contributed by atoms with Crippen molar-refractivity contribution in [3.63, 3.8) is 0 Å². The Hall–Kier alpha value is -1.36. The second kappa shape index (κ2) is 11.7. The largest absolute Gasteiger partial charge is 0.383 e. The fourth-order valence-corrected chi connectivity index (χ4v) is 3.98. The van der Waals surface area contributed by atoms with Crippen LogP contribution in [0, 0.1) is 0 Å². The van der Waals surface area contributed by atoms with Crippen LogP contribution in [0.5, 0.6) is 0 Å². The normalized spacial score (nSPS) is 16.7. The van der Waals surface area contributed by atoms with Crippen molar-refractivity contribution >= 4 is 47.0 Å². The molecule has 1 atom stereocenters. The number of para-hydroxylation sites is 1. The minimum atomic E-state index is -0.934. The van der Waals surface area contributed by atoms with E-state index in [9.17, 15) is 5.11 Å². The van der Waals surface area contributed by atoms with E-state index in [0.717, 1.165) is 37.7 Å². The number of guanidine groups is 1. The molecule has 0 amide bonds. The number of aliphatic imine (C=N–C) groups is 1. The number of nitrogens with one attached hydrogen (secondary N) is 2. The molecule has 1 fully saturated rings. The lowest BCUT2D eigenvalue weighted by Gasteiger charge is -2.30. The summed E-state index contributed by atoms with van der Waals surface area (Å²) in [5.41, 5.74) is 1.47. The topological polar surface area (TPSA) is 69.1 Å². The number of morpholine rings is 1. The summed E-state index contributed by atoms with van der Waals surface area (Å²) in [7, 11) is 0. The fourth-order valence-electron chi connectivity index (χ4n) is 3.19. The molecule has 1 saturated heterocycles. The molecule has 0 spiro atoms. The van der Waals surface area contributed by atoms with Gasteiger partial charge in [0.05, 0.1) is 26.3 Å². The summed E-state index contributed by atoms with van der Waals surface area (Å²) < 4.78 is 5.47. The van der Waals surface area contributed by atoms with Gasteiger partial charge >= 0.3 is 0 Å². The third-order valence-corrected chi connectivity index (χ3v) is 5.87. The van der Waals surface area contributed by atoms with Gasteiger partial charge in [0.15, 0.2) is 5.96 Å². The predicted octanol–water partition coefficient (Wildman–Crippen LogP) is 3.17. The lowest BCUT2D eigenvalue weighted by atomic mass is 10.1. The Morgan fingerprint density at radius 1 is 1.21 bits per heavy atom. The average Bonchev–Trinajstić information content (AvgIpc) is 3.27. The fraction of sp³-hybridized carbons (Fsp3) is 0.476. The summed E-state index contributed by atoms with van der Waals surface area (Å²) >= 11 is 1.56. The maximum atomic E-state index is 10.7. The minimum absolute atomic E-state index is 0. The van der Waals surface area contributed by atoms with E-state index in [4.69, 9.17) is 9.73 Å². The molecule has 2 heterocycles. The Kier molecular flexibility index (Phi) is 9.67. The van der Waals surface area contributed by atoms with E-state index in [-0.39, 0.29) is 24.0 Å². The molecule has 1 aromatic heterocycles. The summed E-state index contributed by atoms with van der Waals surface area (Å²) in [6, 6.07) is 12.3. The number of nitrogens with zero attached hydrogens (tertiary/aromatic N) is 2. The van der Waals surface area contributed by atoms with E-state index in [2.05, 4.69) is 39.8 Å². The molecule has 29 heavy (non-hydrogen) atoms. The molecular formula is C21H31IN4O2S. The third-order valence-electron chi connectivity index (χ3n) is 4.75. The van der Waals surface area contributed by atoms with Gasteiger partial charge in [-0.1, -0.05) is 24.3 Å². The van der Waals surface area contributed by atoms with Crippen molar-refractivity contribution in [1.29, 1.82) is 0 Å². The molecule has 3 rings (SSSR count). The summed E-state index contributed by atoms with van der Waals surface area (Å²) in [5.74, 6) is 0.705. The third kappa shape index (κ3) is 6.84. The molecule has 0 radical (unpaired) electrons. The number of halogens is 1. The van der Waals surface area contributed by atoms with Crippen LogP contribution >= 0.6 is 35.3 Å². The smallest absolute Gasteiger partial charge is 0.191 e. The first-order valence-electron chi connectivity index (χ1n) is 9.79. The van der Waals surface area contributed by atoms with Gasteiger partial charge < -0.3 is 25.4 Å². The maximum absolute atomic E-state index is 10.7. The van der Waals surface area contributed by atoms with Crippen molar-refractivity contribution in [1.82, 2.24) is 10.6 Å². The van der Waals surface area contributed by atoms with Crippen LogP contribution in [0.3, 0.4) is 0 Å². The van der Waals surface area contributed by atoms with Crippen molar-refractivity contribution in [3.05, 3.63) is 52.2 Å². The Bertz CT molecular complexity index is 762. The number of hydrogen-bond acceptors (Lipinski definition) is 5. The number of anilines is 1. The van der Waals surface area contributed by atoms with Crippen LogP contribution in [0.2, 0.25) is 0 Å². The number of thiophene rings is 1. The van der Waals surface area contributed by atoms with Gasteiger partial charge in [0.2, 0.25) is 0 Å². The average molecular weight is 530 g/mol. The summed E-state index contributed by atoms with van der Waals surface area (Å²) in [5, 5.41) is 19.3. The van der Waals surface area contributed by atoms with Crippen LogP contribution in [0.25, 0.3) is 0 Å². The van der Waals surface area contributed by atoms with Gasteiger partial charge in [-0.15, -0.1) is 35.3 Å². The number of aliphatic hydroxyl groups is 1. The molecule has 8 heteroatoms. The highest BCUT2D eigenvalue weighted by atomic mass is 127. The van der Waals surface area contributed by atoms with Gasteiger partial charge in [-0.2, -0.15) is 0 Å². The van der Waals surface area contributed by atoms with Crippen molar-refractivity contribution in [2.45, 2.75) is 26.0 Å². The standard InChI is InChI=1S/C21H30N4O2S.HI/c1-3-22-20(24-16-21(2,26)19-9-6-14-28-19)23-15-17-7-4-5-8-18(17)25-10-12-27-13-11-25;/h4-9,14,26H,3,10-13,15-16H2,1-2H3,(H2,22,23,24);1H. The molecule has 1 aromatic carbocycles. The Labute approximate surface area is 194 Å². The first-order valence-corrected chi connectivity index (χ1v) is 10.7. The summed E-state index contributed by atoms with van der Waals surface area (Å²) in [6.45, 7) is 8.93. The Morgan fingerprint density at radius 3 is 2.66 bits per heavy atom. The summed E-state index contributed by atoms with van der Waals surface area (Å²) in [6.07, 6.45) is 0. The molecule has 1 unspecified atom stereocenters. The van der Waals surface area contributed by atoms with Crippen molar-refractivity contribution in [3.8, 4) is 0 Å². The zero-order valence-corrected chi connectivity index (χ0v) is 20.2. The second-order valence-corrected chi connectivity index (χ2v) is 7.98. The van der Waals surface area contributed by atoms with Crippen molar-refractivity contribution < 1.29 is 9.84 Å². The zero-order valence-electron chi connectivity index (χ0n) is 17.1. The lowest BCUT2D eigenvalue weighted by Crippen LogP contribution is -2.44. The van der Waals surface area contributed by atoms with E-state index >= 15 is 0 Å². The van der Waals surface area contributed by atoms with Crippen LogP contribution in [0.4, 0.5) is 5.69 Å². The SMILES string of the molecule is CCNC(=NCc1ccccc1N1CCOCC1)NCC(C)(O)c1cccs1.I. The number of rotatable bonds is 7. The number of hydrogen-bond donors (Lipinski definition) is 3. The molecule has 160 valence electrons. The van der Waals surface area contributed by atoms with Crippen molar-refractivity contribution in [2.24, 2.45) is 4.99 Å². The second-order valence-electron chi connectivity index (χ2n) is 7.03. The minimum Gasteiger partial charge on any atom is -0.383 e. The van der Waals surface area contributed by atoms with E-state index in [1.54, 1.807) is 11.3 Å². The first kappa shape index (κ1) is 23.9.